The second kappa shape index (κ2) is 4.18. The molecule has 0 spiro atoms. The van der Waals surface area contributed by atoms with Gasteiger partial charge >= 0.3 is 5.97 Å². The Balaban J connectivity index is 1.91. The molecule has 0 unspecified atom stereocenters. The predicted octanol–water partition coefficient (Wildman–Crippen LogP) is 1.05. The molecule has 0 aromatic carbocycles. The molecule has 5 atom stereocenters. The molecule has 102 valence electrons. The summed E-state index contributed by atoms with van der Waals surface area (Å²) in [7, 11) is 0. The van der Waals surface area contributed by atoms with Crippen molar-refractivity contribution in [3.8, 4) is 0 Å². The number of hydrogen-bond acceptors (Lipinski definition) is 3. The average Bonchev–Trinajstić information content (AvgIpc) is 3.02. The Hall–Kier alpha value is -1.65. The molecule has 1 saturated heterocycles. The van der Waals surface area contributed by atoms with Crippen LogP contribution in [0.1, 0.15) is 26.2 Å². The molecule has 5 heteroatoms. The highest BCUT2D eigenvalue weighted by atomic mass is 16.4. The van der Waals surface area contributed by atoms with Crippen molar-refractivity contribution in [2.75, 3.05) is 0 Å². The fourth-order valence-corrected chi connectivity index (χ4v) is 3.87. The second-order valence-electron chi connectivity index (χ2n) is 5.69. The Labute approximate surface area is 111 Å². The smallest absolute Gasteiger partial charge is 0.326 e. The Kier molecular flexibility index (Phi) is 2.73. The number of carboxylic acids is 1. The third-order valence-electron chi connectivity index (χ3n) is 4.66. The van der Waals surface area contributed by atoms with Crippen molar-refractivity contribution in [3.05, 3.63) is 12.2 Å². The van der Waals surface area contributed by atoms with Crippen LogP contribution in [0.5, 0.6) is 0 Å². The van der Waals surface area contributed by atoms with Crippen LogP contribution in [-0.2, 0) is 14.4 Å². The van der Waals surface area contributed by atoms with E-state index in [1.807, 2.05) is 19.1 Å². The first-order chi connectivity index (χ1) is 9.06. The summed E-state index contributed by atoms with van der Waals surface area (Å²) >= 11 is 0. The molecule has 2 bridgehead atoms. The third kappa shape index (κ3) is 1.57. The van der Waals surface area contributed by atoms with Gasteiger partial charge in [-0.2, -0.15) is 0 Å². The first-order valence-corrected chi connectivity index (χ1v) is 6.84. The van der Waals surface area contributed by atoms with Crippen LogP contribution >= 0.6 is 0 Å². The molecule has 19 heavy (non-hydrogen) atoms. The standard InChI is InChI=1S/C14H17NO4/c1-2-3-9(14(18)19)15-12(16)10-7-4-5-8(6-7)11(10)13(15)17/h4-5,7-11H,2-3,6H2,1H3,(H,18,19)/t7-,8-,9+,10-,11+/m0/s1. The number of imide groups is 1. The number of fused-ring (bicyclic) bond motifs is 5. The second-order valence-corrected chi connectivity index (χ2v) is 5.69. The molecule has 3 rings (SSSR count). The maximum Gasteiger partial charge on any atom is 0.326 e. The molecule has 1 N–H and O–H groups in total. The Morgan fingerprint density at radius 1 is 1.32 bits per heavy atom. The molecule has 2 fully saturated rings. The van der Waals surface area contributed by atoms with E-state index >= 15 is 0 Å². The zero-order chi connectivity index (χ0) is 13.7. The van der Waals surface area contributed by atoms with Crippen LogP contribution in [0.3, 0.4) is 0 Å². The Morgan fingerprint density at radius 2 is 1.84 bits per heavy atom. The first-order valence-electron chi connectivity index (χ1n) is 6.84. The van der Waals surface area contributed by atoms with E-state index in [1.165, 1.54) is 0 Å². The van der Waals surface area contributed by atoms with Crippen molar-refractivity contribution in [1.29, 1.82) is 0 Å². The van der Waals surface area contributed by atoms with Gasteiger partial charge in [-0.25, -0.2) is 4.79 Å². The van der Waals surface area contributed by atoms with Gasteiger partial charge in [0.05, 0.1) is 11.8 Å². The number of carbonyl (C=O) groups is 3. The fourth-order valence-electron chi connectivity index (χ4n) is 3.87. The highest BCUT2D eigenvalue weighted by molar-refractivity contribution is 6.08. The SMILES string of the molecule is CCC[C@H](C(=O)O)N1C(=O)[C@@H]2[C@H](C1=O)[C@H]1C=C[C@H]2C1. The molecule has 1 heterocycles. The molecule has 0 radical (unpaired) electrons. The molecule has 0 aromatic heterocycles. The van der Waals surface area contributed by atoms with E-state index < -0.39 is 12.0 Å². The lowest BCUT2D eigenvalue weighted by molar-refractivity contribution is -0.155. The molecule has 1 aliphatic heterocycles. The van der Waals surface area contributed by atoms with Crippen LogP contribution in [0.4, 0.5) is 0 Å². The van der Waals surface area contributed by atoms with Crippen LogP contribution < -0.4 is 0 Å². The third-order valence-corrected chi connectivity index (χ3v) is 4.66. The normalized spacial score (nSPS) is 37.0. The van der Waals surface area contributed by atoms with E-state index in [1.54, 1.807) is 0 Å². The van der Waals surface area contributed by atoms with Gasteiger partial charge in [-0.3, -0.25) is 14.5 Å². The number of amides is 2. The summed E-state index contributed by atoms with van der Waals surface area (Å²) in [5, 5.41) is 9.25. The molecule has 5 nitrogen and oxygen atoms in total. The topological polar surface area (TPSA) is 74.7 Å². The summed E-state index contributed by atoms with van der Waals surface area (Å²) in [5.41, 5.74) is 0. The maximum absolute atomic E-state index is 12.4. The summed E-state index contributed by atoms with van der Waals surface area (Å²) in [6, 6.07) is -0.991. The highest BCUT2D eigenvalue weighted by Gasteiger charge is 2.60. The monoisotopic (exact) mass is 263 g/mol. The molecule has 0 aromatic rings. The summed E-state index contributed by atoms with van der Waals surface area (Å²) in [5.74, 6) is -1.97. The number of hydrogen-bond donors (Lipinski definition) is 1. The van der Waals surface area contributed by atoms with Crippen LogP contribution in [0.25, 0.3) is 0 Å². The van der Waals surface area contributed by atoms with Crippen molar-refractivity contribution in [3.63, 3.8) is 0 Å². The minimum absolute atomic E-state index is 0.132. The number of aliphatic carboxylic acids is 1. The number of nitrogens with zero attached hydrogens (tertiary/aromatic N) is 1. The lowest BCUT2D eigenvalue weighted by atomic mass is 9.85. The Bertz CT molecular complexity index is 454. The van der Waals surface area contributed by atoms with Gasteiger partial charge in [0.25, 0.3) is 0 Å². The van der Waals surface area contributed by atoms with E-state index in [0.717, 1.165) is 11.3 Å². The van der Waals surface area contributed by atoms with E-state index in [-0.39, 0.29) is 35.5 Å². The van der Waals surface area contributed by atoms with Crippen molar-refractivity contribution in [2.45, 2.75) is 32.2 Å². The van der Waals surface area contributed by atoms with Crippen molar-refractivity contribution >= 4 is 17.8 Å². The number of allylic oxidation sites excluding steroid dienone is 2. The van der Waals surface area contributed by atoms with Crippen LogP contribution in [0.15, 0.2) is 12.2 Å². The van der Waals surface area contributed by atoms with Crippen molar-refractivity contribution in [2.24, 2.45) is 23.7 Å². The van der Waals surface area contributed by atoms with E-state index in [2.05, 4.69) is 0 Å². The highest BCUT2D eigenvalue weighted by Crippen LogP contribution is 2.52. The largest absolute Gasteiger partial charge is 0.480 e. The van der Waals surface area contributed by atoms with Gasteiger partial charge < -0.3 is 5.11 Å². The lowest BCUT2D eigenvalue weighted by Gasteiger charge is -2.24. The average molecular weight is 263 g/mol. The fraction of sp³-hybridized carbons (Fsp3) is 0.643. The Morgan fingerprint density at radius 3 is 2.26 bits per heavy atom. The maximum atomic E-state index is 12.4. The summed E-state index contributed by atoms with van der Waals surface area (Å²) in [6.07, 6.45) is 5.85. The number of carboxylic acid groups (broad SMARTS) is 1. The molecular formula is C14H17NO4. The van der Waals surface area contributed by atoms with Crippen LogP contribution in [0, 0.1) is 23.7 Å². The quantitative estimate of drug-likeness (QED) is 0.607. The van der Waals surface area contributed by atoms with Crippen LogP contribution in [-0.4, -0.2) is 33.8 Å². The van der Waals surface area contributed by atoms with Gasteiger partial charge in [0.2, 0.25) is 11.8 Å². The van der Waals surface area contributed by atoms with E-state index in [0.29, 0.717) is 12.8 Å². The van der Waals surface area contributed by atoms with Gasteiger partial charge in [0.1, 0.15) is 6.04 Å². The minimum atomic E-state index is -1.08. The van der Waals surface area contributed by atoms with Gasteiger partial charge in [-0.1, -0.05) is 25.5 Å². The molecule has 2 aliphatic carbocycles. The minimum Gasteiger partial charge on any atom is -0.480 e. The summed E-state index contributed by atoms with van der Waals surface area (Å²) in [4.78, 5) is 37.2. The van der Waals surface area contributed by atoms with Crippen LogP contribution in [0.2, 0.25) is 0 Å². The summed E-state index contributed by atoms with van der Waals surface area (Å²) < 4.78 is 0. The predicted molar refractivity (Wildman–Crippen MR) is 65.9 cm³/mol. The summed E-state index contributed by atoms with van der Waals surface area (Å²) in [6.45, 7) is 1.85. The number of likely N-dealkylation sites (tertiary alicyclic amines) is 1. The zero-order valence-corrected chi connectivity index (χ0v) is 10.8. The molecule has 2 amide bonds. The van der Waals surface area contributed by atoms with Gasteiger partial charge in [-0.15, -0.1) is 0 Å². The van der Waals surface area contributed by atoms with Gasteiger partial charge in [0.15, 0.2) is 0 Å². The van der Waals surface area contributed by atoms with Gasteiger partial charge in [-0.05, 0) is 24.7 Å². The first kappa shape index (κ1) is 12.4. The van der Waals surface area contributed by atoms with Crippen molar-refractivity contribution < 1.29 is 19.5 Å². The number of carbonyl (C=O) groups excluding carboxylic acids is 2. The molecule has 3 aliphatic rings. The van der Waals surface area contributed by atoms with E-state index in [9.17, 15) is 19.5 Å². The zero-order valence-electron chi connectivity index (χ0n) is 10.8. The lowest BCUT2D eigenvalue weighted by Crippen LogP contribution is -2.46. The molecule has 1 saturated carbocycles. The van der Waals surface area contributed by atoms with E-state index in [4.69, 9.17) is 0 Å². The van der Waals surface area contributed by atoms with Gasteiger partial charge in [0, 0.05) is 0 Å². The number of rotatable bonds is 4. The van der Waals surface area contributed by atoms with Crippen molar-refractivity contribution in [1.82, 2.24) is 4.90 Å². The molecular weight excluding hydrogens is 246 g/mol.